The summed E-state index contributed by atoms with van der Waals surface area (Å²) < 4.78 is 26.3. The van der Waals surface area contributed by atoms with Gasteiger partial charge in [0.15, 0.2) is 0 Å². The zero-order valence-electron chi connectivity index (χ0n) is 12.6. The zero-order chi connectivity index (χ0) is 16.9. The Labute approximate surface area is 137 Å². The molecule has 0 heterocycles. The lowest BCUT2D eigenvalue weighted by atomic mass is 9.96. The third kappa shape index (κ3) is 5.04. The minimum absolute atomic E-state index is 0.0186. The number of thioether (sulfide) groups is 1. The first kappa shape index (κ1) is 17.4. The highest BCUT2D eigenvalue weighted by Crippen LogP contribution is 2.22. The first-order valence-corrected chi connectivity index (χ1v) is 7.99. The van der Waals surface area contributed by atoms with E-state index in [-0.39, 0.29) is 24.0 Å². The van der Waals surface area contributed by atoms with Gasteiger partial charge in [0.2, 0.25) is 5.91 Å². The molecular weight excluding hydrogens is 320 g/mol. The highest BCUT2D eigenvalue weighted by molar-refractivity contribution is 8.00. The zero-order valence-corrected chi connectivity index (χ0v) is 13.4. The molecule has 0 fully saturated rings. The van der Waals surface area contributed by atoms with E-state index < -0.39 is 11.4 Å². The molecule has 122 valence electrons. The van der Waals surface area contributed by atoms with Gasteiger partial charge in [-0.05, 0) is 36.8 Å². The van der Waals surface area contributed by atoms with Crippen molar-refractivity contribution < 1.29 is 18.7 Å². The van der Waals surface area contributed by atoms with Crippen molar-refractivity contribution in [1.82, 2.24) is 5.32 Å². The SMILES string of the molecule is CC(O)(CNC(=O)CSc1ccccc1F)c1ccc(F)cc1. The molecule has 3 nitrogen and oxygen atoms in total. The standard InChI is InChI=1S/C17H17F2NO2S/c1-17(22,12-6-8-13(18)9-7-12)11-20-16(21)10-23-15-5-3-2-4-14(15)19/h2-9,22H,10-11H2,1H3,(H,20,21). The molecule has 1 atom stereocenters. The van der Waals surface area contributed by atoms with Crippen molar-refractivity contribution in [3.8, 4) is 0 Å². The minimum Gasteiger partial charge on any atom is -0.384 e. The highest BCUT2D eigenvalue weighted by Gasteiger charge is 2.23. The van der Waals surface area contributed by atoms with Gasteiger partial charge in [-0.3, -0.25) is 4.79 Å². The molecule has 2 aromatic carbocycles. The molecule has 0 saturated heterocycles. The molecule has 2 aromatic rings. The number of rotatable bonds is 6. The van der Waals surface area contributed by atoms with Gasteiger partial charge in [0.1, 0.15) is 17.2 Å². The minimum atomic E-state index is -1.31. The van der Waals surface area contributed by atoms with Crippen LogP contribution in [0.2, 0.25) is 0 Å². The second-order valence-electron chi connectivity index (χ2n) is 5.28. The second kappa shape index (κ2) is 7.57. The number of hydrogen-bond acceptors (Lipinski definition) is 3. The Hall–Kier alpha value is -1.92. The van der Waals surface area contributed by atoms with Gasteiger partial charge < -0.3 is 10.4 Å². The van der Waals surface area contributed by atoms with Crippen molar-refractivity contribution in [3.63, 3.8) is 0 Å². The van der Waals surface area contributed by atoms with Crippen LogP contribution in [0.4, 0.5) is 8.78 Å². The van der Waals surface area contributed by atoms with Gasteiger partial charge in [-0.2, -0.15) is 0 Å². The second-order valence-corrected chi connectivity index (χ2v) is 6.29. The molecular formula is C17H17F2NO2S. The Morgan fingerprint density at radius 3 is 2.48 bits per heavy atom. The van der Waals surface area contributed by atoms with Crippen LogP contribution in [0.25, 0.3) is 0 Å². The van der Waals surface area contributed by atoms with Gasteiger partial charge in [0, 0.05) is 4.90 Å². The van der Waals surface area contributed by atoms with Gasteiger partial charge in [-0.15, -0.1) is 11.8 Å². The predicted octanol–water partition coefficient (Wildman–Crippen LogP) is 3.08. The fourth-order valence-corrected chi connectivity index (χ4v) is 2.71. The Morgan fingerprint density at radius 2 is 1.83 bits per heavy atom. The molecule has 0 aromatic heterocycles. The Kier molecular flexibility index (Phi) is 5.74. The summed E-state index contributed by atoms with van der Waals surface area (Å²) >= 11 is 1.09. The van der Waals surface area contributed by atoms with Crippen LogP contribution in [0.5, 0.6) is 0 Å². The molecule has 0 bridgehead atoms. The third-order valence-electron chi connectivity index (χ3n) is 3.29. The van der Waals surface area contributed by atoms with E-state index in [1.807, 2.05) is 0 Å². The molecule has 0 aliphatic heterocycles. The van der Waals surface area contributed by atoms with Crippen LogP contribution in [-0.2, 0) is 10.4 Å². The Morgan fingerprint density at radius 1 is 1.17 bits per heavy atom. The van der Waals surface area contributed by atoms with Crippen molar-refractivity contribution in [2.45, 2.75) is 17.4 Å². The predicted molar refractivity (Wildman–Crippen MR) is 86.1 cm³/mol. The molecule has 6 heteroatoms. The molecule has 0 aliphatic rings. The summed E-state index contributed by atoms with van der Waals surface area (Å²) in [5.41, 5.74) is -0.813. The molecule has 0 radical (unpaired) electrons. The first-order chi connectivity index (χ1) is 10.9. The fourth-order valence-electron chi connectivity index (χ4n) is 1.94. The van der Waals surface area contributed by atoms with Crippen LogP contribution in [0.15, 0.2) is 53.4 Å². The van der Waals surface area contributed by atoms with E-state index in [4.69, 9.17) is 0 Å². The van der Waals surface area contributed by atoms with E-state index in [0.29, 0.717) is 10.5 Å². The number of amides is 1. The molecule has 23 heavy (non-hydrogen) atoms. The summed E-state index contributed by atoms with van der Waals surface area (Å²) in [6.07, 6.45) is 0. The third-order valence-corrected chi connectivity index (χ3v) is 4.34. The molecule has 0 spiro atoms. The van der Waals surface area contributed by atoms with E-state index >= 15 is 0 Å². The van der Waals surface area contributed by atoms with Crippen molar-refractivity contribution in [1.29, 1.82) is 0 Å². The number of halogens is 2. The molecule has 1 unspecified atom stereocenters. The fraction of sp³-hybridized carbons (Fsp3) is 0.235. The number of aliphatic hydroxyl groups is 1. The smallest absolute Gasteiger partial charge is 0.230 e. The summed E-state index contributed by atoms with van der Waals surface area (Å²) in [6.45, 7) is 1.51. The largest absolute Gasteiger partial charge is 0.384 e. The van der Waals surface area contributed by atoms with E-state index in [1.165, 1.54) is 37.3 Å². The maximum atomic E-state index is 13.4. The highest BCUT2D eigenvalue weighted by atomic mass is 32.2. The van der Waals surface area contributed by atoms with Crippen LogP contribution in [0.1, 0.15) is 12.5 Å². The maximum absolute atomic E-state index is 13.4. The number of carbonyl (C=O) groups excluding carboxylic acids is 1. The summed E-state index contributed by atoms with van der Waals surface area (Å²) in [4.78, 5) is 12.2. The van der Waals surface area contributed by atoms with Crippen molar-refractivity contribution in [2.24, 2.45) is 0 Å². The summed E-state index contributed by atoms with van der Waals surface area (Å²) in [5, 5.41) is 13.0. The lowest BCUT2D eigenvalue weighted by Gasteiger charge is -2.24. The molecule has 0 saturated carbocycles. The monoisotopic (exact) mass is 337 g/mol. The quantitative estimate of drug-likeness (QED) is 0.797. The Bertz CT molecular complexity index is 675. The number of benzene rings is 2. The number of hydrogen-bond donors (Lipinski definition) is 2. The molecule has 0 aliphatic carbocycles. The summed E-state index contributed by atoms with van der Waals surface area (Å²) in [7, 11) is 0. The van der Waals surface area contributed by atoms with Gasteiger partial charge in [-0.1, -0.05) is 24.3 Å². The Balaban J connectivity index is 1.86. The van der Waals surface area contributed by atoms with E-state index in [1.54, 1.807) is 18.2 Å². The molecule has 2 rings (SSSR count). The molecule has 1 amide bonds. The van der Waals surface area contributed by atoms with Gasteiger partial charge >= 0.3 is 0 Å². The summed E-state index contributed by atoms with van der Waals surface area (Å²) in [6, 6.07) is 11.6. The first-order valence-electron chi connectivity index (χ1n) is 7.01. The van der Waals surface area contributed by atoms with Gasteiger partial charge in [0.25, 0.3) is 0 Å². The van der Waals surface area contributed by atoms with E-state index in [2.05, 4.69) is 5.32 Å². The van der Waals surface area contributed by atoms with Crippen LogP contribution in [-0.4, -0.2) is 23.3 Å². The van der Waals surface area contributed by atoms with Crippen LogP contribution < -0.4 is 5.32 Å². The molecule has 2 N–H and O–H groups in total. The average molecular weight is 337 g/mol. The topological polar surface area (TPSA) is 49.3 Å². The average Bonchev–Trinajstić information content (AvgIpc) is 2.53. The van der Waals surface area contributed by atoms with Gasteiger partial charge in [-0.25, -0.2) is 8.78 Å². The van der Waals surface area contributed by atoms with E-state index in [0.717, 1.165) is 11.8 Å². The van der Waals surface area contributed by atoms with Gasteiger partial charge in [0.05, 0.1) is 12.3 Å². The lowest BCUT2D eigenvalue weighted by molar-refractivity contribution is -0.119. The van der Waals surface area contributed by atoms with Crippen molar-refractivity contribution >= 4 is 17.7 Å². The number of nitrogens with one attached hydrogen (secondary N) is 1. The van der Waals surface area contributed by atoms with Crippen LogP contribution in [0, 0.1) is 11.6 Å². The van der Waals surface area contributed by atoms with Crippen molar-refractivity contribution in [3.05, 3.63) is 65.7 Å². The van der Waals surface area contributed by atoms with Crippen LogP contribution in [0.3, 0.4) is 0 Å². The lowest BCUT2D eigenvalue weighted by Crippen LogP contribution is -2.39. The maximum Gasteiger partial charge on any atom is 0.230 e. The van der Waals surface area contributed by atoms with Crippen LogP contribution >= 0.6 is 11.8 Å². The summed E-state index contributed by atoms with van der Waals surface area (Å²) in [5.74, 6) is -1.04. The van der Waals surface area contributed by atoms with E-state index in [9.17, 15) is 18.7 Å². The normalized spacial score (nSPS) is 13.4. The van der Waals surface area contributed by atoms with Crippen molar-refractivity contribution in [2.75, 3.05) is 12.3 Å². The number of carbonyl (C=O) groups is 1.